The fraction of sp³-hybridized carbons (Fsp3) is 0.476. The van der Waals surface area contributed by atoms with Crippen molar-refractivity contribution >= 4 is 5.91 Å². The summed E-state index contributed by atoms with van der Waals surface area (Å²) >= 11 is 0. The van der Waals surface area contributed by atoms with Crippen molar-refractivity contribution < 1.29 is 9.53 Å². The first kappa shape index (κ1) is 18.4. The molecule has 1 amide bonds. The van der Waals surface area contributed by atoms with Crippen LogP contribution in [0.5, 0.6) is 5.88 Å². The molecule has 3 rings (SSSR count). The van der Waals surface area contributed by atoms with E-state index in [1.54, 1.807) is 16.9 Å². The number of carbonyl (C=O) groups excluding carboxylic acids is 1. The second-order valence-corrected chi connectivity index (χ2v) is 7.55. The Morgan fingerprint density at radius 3 is 2.69 bits per heavy atom. The molecule has 2 aromatic rings. The van der Waals surface area contributed by atoms with Crippen molar-refractivity contribution in [2.45, 2.75) is 46.5 Å². The van der Waals surface area contributed by atoms with Crippen LogP contribution >= 0.6 is 0 Å². The molecule has 138 valence electrons. The van der Waals surface area contributed by atoms with Gasteiger partial charge in [-0.05, 0) is 30.4 Å². The largest absolute Gasteiger partial charge is 0.478 e. The van der Waals surface area contributed by atoms with Crippen LogP contribution < -0.4 is 10.1 Å². The molecule has 1 aliphatic rings. The Morgan fingerprint density at radius 1 is 1.31 bits per heavy atom. The third-order valence-corrected chi connectivity index (χ3v) is 4.83. The summed E-state index contributed by atoms with van der Waals surface area (Å²) in [7, 11) is 0. The lowest BCUT2D eigenvalue weighted by molar-refractivity contribution is -0.119. The lowest BCUT2D eigenvalue weighted by Crippen LogP contribution is -2.16. The topological polar surface area (TPSA) is 56.5 Å². The number of benzene rings is 1. The van der Waals surface area contributed by atoms with E-state index in [-0.39, 0.29) is 17.2 Å². The van der Waals surface area contributed by atoms with Crippen molar-refractivity contribution in [3.8, 4) is 11.6 Å². The Labute approximate surface area is 154 Å². The van der Waals surface area contributed by atoms with Gasteiger partial charge in [-0.3, -0.25) is 4.79 Å². The van der Waals surface area contributed by atoms with Crippen molar-refractivity contribution in [3.63, 3.8) is 0 Å². The van der Waals surface area contributed by atoms with Crippen LogP contribution in [0.15, 0.2) is 47.6 Å². The Hall–Kier alpha value is -2.43. The average molecular weight is 353 g/mol. The molecular weight excluding hydrogens is 326 g/mol. The van der Waals surface area contributed by atoms with Crippen molar-refractivity contribution in [3.05, 3.63) is 48.0 Å². The maximum atomic E-state index is 12.3. The normalized spacial score (nSPS) is 18.6. The minimum Gasteiger partial charge on any atom is -0.478 e. The van der Waals surface area contributed by atoms with Crippen molar-refractivity contribution in [1.82, 2.24) is 9.78 Å². The summed E-state index contributed by atoms with van der Waals surface area (Å²) in [6.07, 6.45) is 5.78. The molecule has 0 radical (unpaired) electrons. The number of rotatable bonds is 7. The highest BCUT2D eigenvalue weighted by Crippen LogP contribution is 2.52. The number of aromatic nitrogens is 2. The number of hydrogen-bond donors (Lipinski definition) is 0. The number of unbranched alkanes of at least 4 members (excludes halogenated alkanes) is 2. The zero-order valence-electron chi connectivity index (χ0n) is 15.8. The van der Waals surface area contributed by atoms with Gasteiger partial charge in [0.2, 0.25) is 11.8 Å². The van der Waals surface area contributed by atoms with E-state index in [1.807, 2.05) is 30.3 Å². The smallest absolute Gasteiger partial charge is 0.249 e. The quantitative estimate of drug-likeness (QED) is 0.709. The van der Waals surface area contributed by atoms with Gasteiger partial charge in [0.05, 0.1) is 23.8 Å². The van der Waals surface area contributed by atoms with Crippen LogP contribution in [-0.2, 0) is 4.79 Å². The van der Waals surface area contributed by atoms with E-state index < -0.39 is 0 Å². The molecule has 26 heavy (non-hydrogen) atoms. The van der Waals surface area contributed by atoms with Crippen LogP contribution in [0, 0.1) is 11.3 Å². The maximum Gasteiger partial charge on any atom is 0.249 e. The van der Waals surface area contributed by atoms with E-state index in [4.69, 9.17) is 4.74 Å². The van der Waals surface area contributed by atoms with Gasteiger partial charge in [-0.1, -0.05) is 51.8 Å². The molecule has 5 nitrogen and oxygen atoms in total. The fourth-order valence-electron chi connectivity index (χ4n) is 2.95. The molecule has 1 aliphatic carbocycles. The number of amides is 1. The number of ether oxygens (including phenoxy) is 1. The van der Waals surface area contributed by atoms with Gasteiger partial charge >= 0.3 is 0 Å². The standard InChI is InChI=1S/C21H27N3O2/c1-4-5-9-12-26-19-13-16(23-20(25)18-14-21(18,2)3)15-22-24(19)17-10-7-6-8-11-17/h6-8,10-11,13,15,18H,4-5,9,12,14H2,1-3H3. The van der Waals surface area contributed by atoms with E-state index >= 15 is 0 Å². The number of nitrogens with zero attached hydrogens (tertiary/aromatic N) is 3. The van der Waals surface area contributed by atoms with Crippen LogP contribution in [0.3, 0.4) is 0 Å². The van der Waals surface area contributed by atoms with E-state index in [1.165, 1.54) is 0 Å². The van der Waals surface area contributed by atoms with E-state index in [0.717, 1.165) is 31.4 Å². The maximum absolute atomic E-state index is 12.3. The molecule has 1 saturated carbocycles. The summed E-state index contributed by atoms with van der Waals surface area (Å²) in [4.78, 5) is 16.6. The van der Waals surface area contributed by atoms with Gasteiger partial charge in [0.1, 0.15) is 0 Å². The number of carbonyl (C=O) groups is 1. The van der Waals surface area contributed by atoms with Gasteiger partial charge in [-0.15, -0.1) is 0 Å². The van der Waals surface area contributed by atoms with Crippen LogP contribution in [-0.4, -0.2) is 22.3 Å². The molecule has 1 heterocycles. The number of para-hydroxylation sites is 1. The lowest BCUT2D eigenvalue weighted by atomic mass is 10.1. The molecule has 1 fully saturated rings. The van der Waals surface area contributed by atoms with Gasteiger partial charge in [0, 0.05) is 12.0 Å². The summed E-state index contributed by atoms with van der Waals surface area (Å²) in [5.74, 6) is 0.570. The minimum absolute atomic E-state index is 0.0258. The monoisotopic (exact) mass is 353 g/mol. The van der Waals surface area contributed by atoms with Crippen LogP contribution in [0.25, 0.3) is 5.69 Å². The summed E-state index contributed by atoms with van der Waals surface area (Å²) < 4.78 is 7.71. The third-order valence-electron chi connectivity index (χ3n) is 4.83. The predicted octanol–water partition coefficient (Wildman–Crippen LogP) is 3.91. The molecule has 0 saturated heterocycles. The van der Waals surface area contributed by atoms with Gasteiger partial charge in [0.15, 0.2) is 0 Å². The summed E-state index contributed by atoms with van der Waals surface area (Å²) in [5, 5.41) is 5.01. The first-order valence-corrected chi connectivity index (χ1v) is 9.37. The second kappa shape index (κ2) is 7.85. The number of hydrogen-bond acceptors (Lipinski definition) is 3. The van der Waals surface area contributed by atoms with E-state index in [0.29, 0.717) is 17.8 Å². The highest BCUT2D eigenvalue weighted by atomic mass is 16.5. The summed E-state index contributed by atoms with van der Waals surface area (Å²) in [6, 6.07) is 11.6. The molecule has 1 aromatic heterocycles. The van der Waals surface area contributed by atoms with Gasteiger partial charge in [-0.2, -0.15) is 5.10 Å². The first-order chi connectivity index (χ1) is 12.5. The van der Waals surface area contributed by atoms with Crippen LogP contribution in [0.2, 0.25) is 0 Å². The Balaban J connectivity index is 1.87. The van der Waals surface area contributed by atoms with Crippen molar-refractivity contribution in [2.24, 2.45) is 16.3 Å². The average Bonchev–Trinajstić information content (AvgIpc) is 3.28. The molecule has 1 unspecified atom stereocenters. The zero-order valence-corrected chi connectivity index (χ0v) is 15.8. The molecule has 0 spiro atoms. The van der Waals surface area contributed by atoms with E-state index in [9.17, 15) is 4.79 Å². The highest BCUT2D eigenvalue weighted by Gasteiger charge is 2.50. The summed E-state index contributed by atoms with van der Waals surface area (Å²) in [5.41, 5.74) is 0.992. The third kappa shape index (κ3) is 4.40. The first-order valence-electron chi connectivity index (χ1n) is 9.37. The molecule has 0 bridgehead atoms. The summed E-state index contributed by atoms with van der Waals surface area (Å²) in [6.45, 7) is 6.98. The van der Waals surface area contributed by atoms with Crippen LogP contribution in [0.1, 0.15) is 46.5 Å². The molecular formula is C21H27N3O2. The van der Waals surface area contributed by atoms with Gasteiger partial charge in [0.25, 0.3) is 0 Å². The molecule has 1 atom stereocenters. The highest BCUT2D eigenvalue weighted by molar-refractivity contribution is 5.83. The molecule has 5 heteroatoms. The molecule has 0 N–H and O–H groups in total. The van der Waals surface area contributed by atoms with Crippen molar-refractivity contribution in [2.75, 3.05) is 6.61 Å². The zero-order chi connectivity index (χ0) is 18.6. The second-order valence-electron chi connectivity index (χ2n) is 7.55. The van der Waals surface area contributed by atoms with E-state index in [2.05, 4.69) is 30.9 Å². The fourth-order valence-corrected chi connectivity index (χ4v) is 2.95. The Kier molecular flexibility index (Phi) is 5.55. The van der Waals surface area contributed by atoms with Crippen LogP contribution in [0.4, 0.5) is 0 Å². The Morgan fingerprint density at radius 2 is 2.04 bits per heavy atom. The molecule has 1 aromatic carbocycles. The Bertz CT molecular complexity index is 825. The lowest BCUT2D eigenvalue weighted by Gasteiger charge is -2.13. The van der Waals surface area contributed by atoms with Crippen molar-refractivity contribution in [1.29, 1.82) is 0 Å². The SMILES string of the molecule is CCCCCOc1cc(=NC(=O)C2CC2(C)C)cnn1-c1ccccc1. The van der Waals surface area contributed by atoms with Gasteiger partial charge < -0.3 is 4.74 Å². The minimum atomic E-state index is -0.0637. The molecule has 0 aliphatic heterocycles. The predicted molar refractivity (Wildman–Crippen MR) is 101 cm³/mol. The van der Waals surface area contributed by atoms with Gasteiger partial charge in [-0.25, -0.2) is 9.67 Å².